The Morgan fingerprint density at radius 3 is 2.33 bits per heavy atom. The zero-order chi connectivity index (χ0) is 14.1. The molecule has 0 saturated carbocycles. The highest BCUT2D eigenvalue weighted by molar-refractivity contribution is 7.91. The molecule has 18 heavy (non-hydrogen) atoms. The van der Waals surface area contributed by atoms with Gasteiger partial charge in [0.05, 0.1) is 5.69 Å². The van der Waals surface area contributed by atoms with Crippen LogP contribution in [0, 0.1) is 0 Å². The van der Waals surface area contributed by atoms with Crippen LogP contribution in [0.5, 0.6) is 0 Å². The lowest BCUT2D eigenvalue weighted by Gasteiger charge is -2.17. The lowest BCUT2D eigenvalue weighted by molar-refractivity contribution is 0.559. The standard InChI is InChI=1S/C12H22N2O2S2/c1-8(18(6,15)16)11-14-10(12(2,3)4)9(17-11)7-13-5/h8,13H,7H2,1-6H3. The first-order valence-corrected chi connectivity index (χ1v) is 8.68. The van der Waals surface area contributed by atoms with Crippen LogP contribution in [0.25, 0.3) is 0 Å². The van der Waals surface area contributed by atoms with Crippen molar-refractivity contribution in [2.24, 2.45) is 0 Å². The molecule has 1 unspecified atom stereocenters. The molecule has 0 amide bonds. The van der Waals surface area contributed by atoms with Crippen molar-refractivity contribution in [3.05, 3.63) is 15.6 Å². The molecule has 0 aliphatic rings. The van der Waals surface area contributed by atoms with Crippen LogP contribution in [0.15, 0.2) is 0 Å². The van der Waals surface area contributed by atoms with E-state index in [0.717, 1.165) is 17.1 Å². The van der Waals surface area contributed by atoms with Crippen molar-refractivity contribution in [1.29, 1.82) is 0 Å². The molecule has 0 saturated heterocycles. The Hall–Kier alpha value is -0.460. The summed E-state index contributed by atoms with van der Waals surface area (Å²) < 4.78 is 23.2. The summed E-state index contributed by atoms with van der Waals surface area (Å²) >= 11 is 1.49. The summed E-state index contributed by atoms with van der Waals surface area (Å²) in [4.78, 5) is 5.69. The van der Waals surface area contributed by atoms with Crippen LogP contribution in [-0.4, -0.2) is 26.7 Å². The van der Waals surface area contributed by atoms with Crippen LogP contribution in [0.4, 0.5) is 0 Å². The third kappa shape index (κ3) is 3.52. The molecule has 4 nitrogen and oxygen atoms in total. The van der Waals surface area contributed by atoms with E-state index in [1.165, 1.54) is 17.6 Å². The van der Waals surface area contributed by atoms with E-state index in [1.807, 2.05) is 7.05 Å². The first-order valence-electron chi connectivity index (χ1n) is 5.91. The van der Waals surface area contributed by atoms with E-state index in [0.29, 0.717) is 5.01 Å². The van der Waals surface area contributed by atoms with Crippen LogP contribution >= 0.6 is 11.3 Å². The number of rotatable bonds is 4. The van der Waals surface area contributed by atoms with E-state index in [-0.39, 0.29) is 5.41 Å². The van der Waals surface area contributed by atoms with Crippen molar-refractivity contribution in [3.8, 4) is 0 Å². The summed E-state index contributed by atoms with van der Waals surface area (Å²) in [6.07, 6.45) is 1.26. The minimum absolute atomic E-state index is 0.0713. The number of nitrogens with one attached hydrogen (secondary N) is 1. The molecule has 6 heteroatoms. The number of thiazole rings is 1. The first kappa shape index (κ1) is 15.6. The zero-order valence-electron chi connectivity index (χ0n) is 11.9. The maximum atomic E-state index is 11.6. The van der Waals surface area contributed by atoms with Gasteiger partial charge in [0, 0.05) is 23.1 Å². The SMILES string of the molecule is CNCc1sc(C(C)S(C)(=O)=O)nc1C(C)(C)C. The molecule has 1 N–H and O–H groups in total. The van der Waals surface area contributed by atoms with Gasteiger partial charge < -0.3 is 5.32 Å². The lowest BCUT2D eigenvalue weighted by Crippen LogP contribution is -2.17. The molecule has 1 aromatic heterocycles. The van der Waals surface area contributed by atoms with Crippen molar-refractivity contribution < 1.29 is 8.42 Å². The molecular formula is C12H22N2O2S2. The van der Waals surface area contributed by atoms with E-state index in [2.05, 4.69) is 31.1 Å². The second-order valence-electron chi connectivity index (χ2n) is 5.58. The molecule has 0 aliphatic carbocycles. The van der Waals surface area contributed by atoms with Crippen molar-refractivity contribution in [2.75, 3.05) is 13.3 Å². The molecule has 104 valence electrons. The van der Waals surface area contributed by atoms with E-state index in [4.69, 9.17) is 0 Å². The third-order valence-electron chi connectivity index (χ3n) is 2.75. The van der Waals surface area contributed by atoms with Gasteiger partial charge in [-0.15, -0.1) is 11.3 Å². The van der Waals surface area contributed by atoms with Crippen molar-refractivity contribution in [2.45, 2.75) is 44.9 Å². The minimum atomic E-state index is -3.09. The zero-order valence-corrected chi connectivity index (χ0v) is 13.5. The third-order valence-corrected chi connectivity index (χ3v) is 5.65. The summed E-state index contributed by atoms with van der Waals surface area (Å²) in [7, 11) is -1.21. The summed E-state index contributed by atoms with van der Waals surface area (Å²) in [6, 6.07) is 0. The maximum Gasteiger partial charge on any atom is 0.156 e. The molecule has 0 aliphatic heterocycles. The van der Waals surface area contributed by atoms with Gasteiger partial charge in [0.1, 0.15) is 10.3 Å². The predicted octanol–water partition coefficient (Wildman–Crippen LogP) is 2.27. The molecular weight excluding hydrogens is 268 g/mol. The van der Waals surface area contributed by atoms with Gasteiger partial charge in [0.25, 0.3) is 0 Å². The van der Waals surface area contributed by atoms with E-state index >= 15 is 0 Å². The largest absolute Gasteiger partial charge is 0.315 e. The molecule has 0 radical (unpaired) electrons. The molecule has 0 spiro atoms. The van der Waals surface area contributed by atoms with Gasteiger partial charge in [-0.1, -0.05) is 20.8 Å². The monoisotopic (exact) mass is 290 g/mol. The Morgan fingerprint density at radius 2 is 1.94 bits per heavy atom. The Morgan fingerprint density at radius 1 is 1.39 bits per heavy atom. The summed E-state index contributed by atoms with van der Waals surface area (Å²) in [5.41, 5.74) is 0.922. The molecule has 0 bridgehead atoms. The second kappa shape index (κ2) is 5.27. The second-order valence-corrected chi connectivity index (χ2v) is 9.06. The van der Waals surface area contributed by atoms with Gasteiger partial charge in [-0.2, -0.15) is 0 Å². The highest BCUT2D eigenvalue weighted by Gasteiger charge is 2.27. The van der Waals surface area contributed by atoms with Crippen LogP contribution in [-0.2, 0) is 21.8 Å². The molecule has 1 atom stereocenters. The van der Waals surface area contributed by atoms with Crippen LogP contribution < -0.4 is 5.32 Å². The summed E-state index contributed by atoms with van der Waals surface area (Å²) in [5, 5.41) is 3.26. The number of nitrogens with zero attached hydrogens (tertiary/aromatic N) is 1. The van der Waals surface area contributed by atoms with Gasteiger partial charge in [-0.3, -0.25) is 0 Å². The van der Waals surface area contributed by atoms with Crippen molar-refractivity contribution in [1.82, 2.24) is 10.3 Å². The summed E-state index contributed by atoms with van der Waals surface area (Å²) in [5.74, 6) is 0. The fraction of sp³-hybridized carbons (Fsp3) is 0.750. The topological polar surface area (TPSA) is 59.1 Å². The minimum Gasteiger partial charge on any atom is -0.315 e. The van der Waals surface area contributed by atoms with Gasteiger partial charge >= 0.3 is 0 Å². The van der Waals surface area contributed by atoms with E-state index in [1.54, 1.807) is 6.92 Å². The number of aromatic nitrogens is 1. The molecule has 1 aromatic rings. The highest BCUT2D eigenvalue weighted by atomic mass is 32.2. The van der Waals surface area contributed by atoms with Gasteiger partial charge in [0.15, 0.2) is 9.84 Å². The predicted molar refractivity (Wildman–Crippen MR) is 76.8 cm³/mol. The molecule has 1 heterocycles. The van der Waals surface area contributed by atoms with Crippen LogP contribution in [0.1, 0.15) is 48.5 Å². The van der Waals surface area contributed by atoms with E-state index in [9.17, 15) is 8.42 Å². The van der Waals surface area contributed by atoms with Crippen molar-refractivity contribution in [3.63, 3.8) is 0 Å². The van der Waals surface area contributed by atoms with Gasteiger partial charge in [0.2, 0.25) is 0 Å². The average Bonchev–Trinajstić information content (AvgIpc) is 2.59. The average molecular weight is 290 g/mol. The fourth-order valence-electron chi connectivity index (χ4n) is 1.59. The van der Waals surface area contributed by atoms with Crippen LogP contribution in [0.2, 0.25) is 0 Å². The number of sulfone groups is 1. The molecule has 0 fully saturated rings. The van der Waals surface area contributed by atoms with E-state index < -0.39 is 15.1 Å². The smallest absolute Gasteiger partial charge is 0.156 e. The fourth-order valence-corrected chi connectivity index (χ4v) is 3.90. The van der Waals surface area contributed by atoms with Crippen LogP contribution in [0.3, 0.4) is 0 Å². The first-order chi connectivity index (χ1) is 8.07. The van der Waals surface area contributed by atoms with Crippen molar-refractivity contribution >= 4 is 21.2 Å². The molecule has 0 aromatic carbocycles. The number of hydrogen-bond acceptors (Lipinski definition) is 5. The lowest BCUT2D eigenvalue weighted by atomic mass is 9.91. The normalized spacial score (nSPS) is 14.8. The maximum absolute atomic E-state index is 11.6. The Kier molecular flexibility index (Phi) is 4.56. The quantitative estimate of drug-likeness (QED) is 0.924. The van der Waals surface area contributed by atoms with Gasteiger partial charge in [-0.05, 0) is 14.0 Å². The highest BCUT2D eigenvalue weighted by Crippen LogP contribution is 2.34. The van der Waals surface area contributed by atoms with Gasteiger partial charge in [-0.25, -0.2) is 13.4 Å². The molecule has 1 rings (SSSR count). The summed E-state index contributed by atoms with van der Waals surface area (Å²) in [6.45, 7) is 8.70. The number of hydrogen-bond donors (Lipinski definition) is 1. The Bertz CT molecular complexity index is 513. The Labute approximate surface area is 114 Å². The Balaban J connectivity index is 3.26.